The van der Waals surface area contributed by atoms with Gasteiger partial charge < -0.3 is 4.42 Å². The maximum atomic E-state index is 12.3. The standard InChI is InChI=1S/C16H14BrNO2/c17-16(7-1-2-8-16)14-10-13(19)12-5-3-4-11(6-9-18)15(12)20-14/h3-5,10H,1-2,6-8H2. The summed E-state index contributed by atoms with van der Waals surface area (Å²) in [5.74, 6) is 0.692. The molecule has 1 aliphatic rings. The smallest absolute Gasteiger partial charge is 0.193 e. The van der Waals surface area contributed by atoms with Crippen molar-refractivity contribution in [1.29, 1.82) is 5.26 Å². The van der Waals surface area contributed by atoms with E-state index in [4.69, 9.17) is 9.68 Å². The lowest BCUT2D eigenvalue weighted by atomic mass is 10.0. The Morgan fingerprint density at radius 3 is 2.80 bits per heavy atom. The fourth-order valence-corrected chi connectivity index (χ4v) is 3.62. The molecule has 3 rings (SSSR count). The molecule has 0 atom stereocenters. The number of para-hydroxylation sites is 1. The quantitative estimate of drug-likeness (QED) is 0.781. The maximum Gasteiger partial charge on any atom is 0.193 e. The predicted octanol–water partition coefficient (Wildman–Crippen LogP) is 4.02. The first kappa shape index (κ1) is 13.4. The number of halogens is 1. The van der Waals surface area contributed by atoms with E-state index in [1.54, 1.807) is 18.2 Å². The van der Waals surface area contributed by atoms with Gasteiger partial charge in [-0.1, -0.05) is 40.9 Å². The minimum atomic E-state index is -0.222. The Bertz CT molecular complexity index is 751. The van der Waals surface area contributed by atoms with Crippen molar-refractivity contribution in [1.82, 2.24) is 0 Å². The molecule has 1 aromatic heterocycles. The number of rotatable bonds is 2. The summed E-state index contributed by atoms with van der Waals surface area (Å²) in [6, 6.07) is 9.11. The van der Waals surface area contributed by atoms with E-state index in [0.29, 0.717) is 16.7 Å². The lowest BCUT2D eigenvalue weighted by molar-refractivity contribution is 0.460. The number of nitrogens with zero attached hydrogens (tertiary/aromatic N) is 1. The summed E-state index contributed by atoms with van der Waals surface area (Å²) in [7, 11) is 0. The van der Waals surface area contributed by atoms with Crippen LogP contribution in [0, 0.1) is 11.3 Å². The summed E-state index contributed by atoms with van der Waals surface area (Å²) in [5, 5.41) is 9.45. The number of alkyl halides is 1. The van der Waals surface area contributed by atoms with Crippen molar-refractivity contribution >= 4 is 26.9 Å². The highest BCUT2D eigenvalue weighted by Gasteiger charge is 2.35. The highest BCUT2D eigenvalue weighted by atomic mass is 79.9. The lowest BCUT2D eigenvalue weighted by Crippen LogP contribution is -2.16. The van der Waals surface area contributed by atoms with Gasteiger partial charge in [0.25, 0.3) is 0 Å². The molecular weight excluding hydrogens is 318 g/mol. The Morgan fingerprint density at radius 1 is 1.35 bits per heavy atom. The van der Waals surface area contributed by atoms with Crippen LogP contribution in [0.2, 0.25) is 0 Å². The van der Waals surface area contributed by atoms with Gasteiger partial charge in [-0.25, -0.2) is 0 Å². The van der Waals surface area contributed by atoms with Gasteiger partial charge >= 0.3 is 0 Å². The highest BCUT2D eigenvalue weighted by molar-refractivity contribution is 9.09. The minimum Gasteiger partial charge on any atom is -0.459 e. The van der Waals surface area contributed by atoms with Crippen LogP contribution in [0.1, 0.15) is 37.0 Å². The first-order valence-electron chi connectivity index (χ1n) is 6.76. The number of hydrogen-bond donors (Lipinski definition) is 0. The van der Waals surface area contributed by atoms with Crippen LogP contribution in [-0.2, 0) is 10.7 Å². The van der Waals surface area contributed by atoms with Crippen LogP contribution in [-0.4, -0.2) is 0 Å². The van der Waals surface area contributed by atoms with Crippen molar-refractivity contribution in [2.45, 2.75) is 36.4 Å². The predicted molar refractivity (Wildman–Crippen MR) is 80.9 cm³/mol. The second-order valence-corrected chi connectivity index (χ2v) is 6.79. The maximum absolute atomic E-state index is 12.3. The summed E-state index contributed by atoms with van der Waals surface area (Å²) >= 11 is 3.74. The van der Waals surface area contributed by atoms with Gasteiger partial charge in [0, 0.05) is 11.6 Å². The molecule has 0 bridgehead atoms. The van der Waals surface area contributed by atoms with Gasteiger partial charge in [0.2, 0.25) is 0 Å². The van der Waals surface area contributed by atoms with E-state index in [1.165, 1.54) is 0 Å². The number of hydrogen-bond acceptors (Lipinski definition) is 3. The summed E-state index contributed by atoms with van der Waals surface area (Å²) in [5.41, 5.74) is 1.30. The minimum absolute atomic E-state index is 0.0354. The molecule has 1 fully saturated rings. The largest absolute Gasteiger partial charge is 0.459 e. The van der Waals surface area contributed by atoms with Gasteiger partial charge in [-0.05, 0) is 18.9 Å². The van der Waals surface area contributed by atoms with Gasteiger partial charge in [-0.15, -0.1) is 0 Å². The molecule has 1 heterocycles. The molecule has 1 aliphatic carbocycles. The van der Waals surface area contributed by atoms with Crippen LogP contribution in [0.3, 0.4) is 0 Å². The summed E-state index contributed by atoms with van der Waals surface area (Å²) in [6.07, 6.45) is 4.46. The molecule has 0 radical (unpaired) electrons. The Kier molecular flexibility index (Phi) is 3.39. The second kappa shape index (κ2) is 5.06. The topological polar surface area (TPSA) is 54.0 Å². The van der Waals surface area contributed by atoms with Crippen LogP contribution in [0.25, 0.3) is 11.0 Å². The van der Waals surface area contributed by atoms with Gasteiger partial charge in [-0.2, -0.15) is 5.26 Å². The third-order valence-electron chi connectivity index (χ3n) is 3.94. The van der Waals surface area contributed by atoms with Crippen molar-refractivity contribution < 1.29 is 4.42 Å². The lowest BCUT2D eigenvalue weighted by Gasteiger charge is -2.20. The van der Waals surface area contributed by atoms with E-state index >= 15 is 0 Å². The fourth-order valence-electron chi connectivity index (χ4n) is 2.86. The summed E-state index contributed by atoms with van der Waals surface area (Å²) in [4.78, 5) is 12.3. The van der Waals surface area contributed by atoms with Crippen LogP contribution in [0.4, 0.5) is 0 Å². The molecule has 1 saturated carbocycles. The Hall–Kier alpha value is -1.60. The van der Waals surface area contributed by atoms with Gasteiger partial charge in [0.1, 0.15) is 11.3 Å². The molecule has 102 valence electrons. The first-order chi connectivity index (χ1) is 9.64. The normalized spacial score (nSPS) is 17.2. The molecule has 0 saturated heterocycles. The number of nitriles is 1. The highest BCUT2D eigenvalue weighted by Crippen LogP contribution is 2.46. The zero-order chi connectivity index (χ0) is 14.2. The average molecular weight is 332 g/mol. The van der Waals surface area contributed by atoms with E-state index in [0.717, 1.165) is 31.2 Å². The molecule has 0 aliphatic heterocycles. The van der Waals surface area contributed by atoms with Crippen molar-refractivity contribution in [3.05, 3.63) is 45.8 Å². The van der Waals surface area contributed by atoms with Crippen LogP contribution >= 0.6 is 15.9 Å². The Balaban J connectivity index is 2.24. The number of fused-ring (bicyclic) bond motifs is 1. The zero-order valence-electron chi connectivity index (χ0n) is 11.0. The van der Waals surface area contributed by atoms with Crippen LogP contribution in [0.15, 0.2) is 33.5 Å². The molecule has 0 N–H and O–H groups in total. The average Bonchev–Trinajstić information content (AvgIpc) is 2.88. The van der Waals surface area contributed by atoms with Gasteiger partial charge in [0.15, 0.2) is 5.43 Å². The van der Waals surface area contributed by atoms with Crippen molar-refractivity contribution in [3.63, 3.8) is 0 Å². The SMILES string of the molecule is N#CCc1cccc2c(=O)cc(C3(Br)CCCC3)oc12. The summed E-state index contributed by atoms with van der Waals surface area (Å²) in [6.45, 7) is 0. The van der Waals surface area contributed by atoms with Crippen molar-refractivity contribution in [3.8, 4) is 6.07 Å². The van der Waals surface area contributed by atoms with Gasteiger partial charge in [-0.3, -0.25) is 4.79 Å². The van der Waals surface area contributed by atoms with Gasteiger partial charge in [0.05, 0.1) is 22.2 Å². The molecule has 1 aromatic carbocycles. The molecule has 2 aromatic rings. The van der Waals surface area contributed by atoms with E-state index in [2.05, 4.69) is 22.0 Å². The molecule has 0 amide bonds. The second-order valence-electron chi connectivity index (χ2n) is 5.28. The molecular formula is C16H14BrNO2. The van der Waals surface area contributed by atoms with Crippen molar-refractivity contribution in [2.24, 2.45) is 0 Å². The monoisotopic (exact) mass is 331 g/mol. The molecule has 0 spiro atoms. The third-order valence-corrected chi connectivity index (χ3v) is 5.13. The van der Waals surface area contributed by atoms with Crippen LogP contribution < -0.4 is 5.43 Å². The van der Waals surface area contributed by atoms with Crippen molar-refractivity contribution in [2.75, 3.05) is 0 Å². The van der Waals surface area contributed by atoms with Crippen LogP contribution in [0.5, 0.6) is 0 Å². The molecule has 3 nitrogen and oxygen atoms in total. The molecule has 4 heteroatoms. The zero-order valence-corrected chi connectivity index (χ0v) is 12.6. The fraction of sp³-hybridized carbons (Fsp3) is 0.375. The van der Waals surface area contributed by atoms with E-state index in [-0.39, 0.29) is 16.2 Å². The third kappa shape index (κ3) is 2.16. The Labute approximate surface area is 125 Å². The van der Waals surface area contributed by atoms with E-state index < -0.39 is 0 Å². The van der Waals surface area contributed by atoms with E-state index in [9.17, 15) is 4.79 Å². The first-order valence-corrected chi connectivity index (χ1v) is 7.55. The van der Waals surface area contributed by atoms with E-state index in [1.807, 2.05) is 6.07 Å². The number of benzene rings is 1. The Morgan fingerprint density at radius 2 is 2.10 bits per heavy atom. The molecule has 0 unspecified atom stereocenters. The molecule has 20 heavy (non-hydrogen) atoms. The summed E-state index contributed by atoms with van der Waals surface area (Å²) < 4.78 is 5.79.